The van der Waals surface area contributed by atoms with Crippen LogP contribution in [-0.2, 0) is 20.2 Å². The molecule has 0 aliphatic carbocycles. The van der Waals surface area contributed by atoms with E-state index >= 15 is 0 Å². The molecule has 0 saturated carbocycles. The third-order valence-electron chi connectivity index (χ3n) is 6.73. The van der Waals surface area contributed by atoms with Crippen LogP contribution in [0.3, 0.4) is 0 Å². The van der Waals surface area contributed by atoms with Crippen LogP contribution in [-0.4, -0.2) is 69.5 Å². The van der Waals surface area contributed by atoms with Gasteiger partial charge in [-0.3, -0.25) is 4.79 Å². The summed E-state index contributed by atoms with van der Waals surface area (Å²) in [6.45, 7) is 4.30. The van der Waals surface area contributed by atoms with Gasteiger partial charge in [0.05, 0.1) is 10.3 Å². The third-order valence-corrected chi connectivity index (χ3v) is 8.52. The molecule has 3 aliphatic rings. The van der Waals surface area contributed by atoms with Crippen molar-refractivity contribution in [2.45, 2.75) is 17.2 Å². The number of carbonyl (C=O) groups excluding carboxylic acids is 1. The number of sulfonamides is 1. The third kappa shape index (κ3) is 3.70. The molecule has 2 aromatic carbocycles. The second-order valence-corrected chi connectivity index (χ2v) is 10.8. The van der Waals surface area contributed by atoms with Crippen molar-refractivity contribution in [3.63, 3.8) is 0 Å². The summed E-state index contributed by atoms with van der Waals surface area (Å²) < 4.78 is 39.0. The topological polar surface area (TPSA) is 102 Å². The van der Waals surface area contributed by atoms with Crippen LogP contribution >= 0.6 is 0 Å². The first-order valence-electron chi connectivity index (χ1n) is 11.0. The Morgan fingerprint density at radius 2 is 1.61 bits per heavy atom. The Balaban J connectivity index is 1.29. The Hall–Kier alpha value is -2.88. The van der Waals surface area contributed by atoms with E-state index in [2.05, 4.69) is 0 Å². The number of benzene rings is 2. The molecule has 0 fully saturated rings. The molecular formula is C24H27N3O5S. The monoisotopic (exact) mass is 469 g/mol. The summed E-state index contributed by atoms with van der Waals surface area (Å²) in [6.07, 6.45) is 0. The number of hydrogen-bond acceptors (Lipinski definition) is 6. The summed E-state index contributed by atoms with van der Waals surface area (Å²) in [5.41, 5.74) is 8.07. The van der Waals surface area contributed by atoms with E-state index in [4.69, 9.17) is 15.2 Å². The molecule has 3 heterocycles. The summed E-state index contributed by atoms with van der Waals surface area (Å²) in [6, 6.07) is 14.3. The van der Waals surface area contributed by atoms with E-state index in [0.717, 1.165) is 16.7 Å². The highest BCUT2D eigenvalue weighted by Crippen LogP contribution is 2.36. The normalized spacial score (nSPS) is 20.0. The van der Waals surface area contributed by atoms with Crippen LogP contribution in [0.25, 0.3) is 0 Å². The fourth-order valence-electron chi connectivity index (χ4n) is 4.68. The Bertz CT molecular complexity index is 1210. The molecule has 0 saturated heterocycles. The lowest BCUT2D eigenvalue weighted by Gasteiger charge is -2.33. The molecule has 9 heteroatoms. The molecule has 0 aromatic heterocycles. The van der Waals surface area contributed by atoms with Gasteiger partial charge in [-0.25, -0.2) is 8.42 Å². The summed E-state index contributed by atoms with van der Waals surface area (Å²) in [5, 5.41) is 0. The van der Waals surface area contributed by atoms with Crippen molar-refractivity contribution in [3.05, 3.63) is 65.2 Å². The molecule has 1 amide bonds. The van der Waals surface area contributed by atoms with E-state index in [1.807, 2.05) is 37.3 Å². The van der Waals surface area contributed by atoms with E-state index in [1.165, 1.54) is 10.4 Å². The van der Waals surface area contributed by atoms with Crippen molar-refractivity contribution in [3.8, 4) is 11.5 Å². The van der Waals surface area contributed by atoms with Crippen LogP contribution in [0.15, 0.2) is 64.6 Å². The highest BCUT2D eigenvalue weighted by atomic mass is 32.2. The van der Waals surface area contributed by atoms with E-state index in [1.54, 1.807) is 17.0 Å². The Labute approximate surface area is 193 Å². The molecule has 1 atom stereocenters. The predicted molar refractivity (Wildman–Crippen MR) is 123 cm³/mol. The molecule has 3 aliphatic heterocycles. The van der Waals surface area contributed by atoms with Crippen LogP contribution in [0.5, 0.6) is 11.5 Å². The summed E-state index contributed by atoms with van der Waals surface area (Å²) >= 11 is 0. The molecule has 8 nitrogen and oxygen atoms in total. The molecule has 33 heavy (non-hydrogen) atoms. The summed E-state index contributed by atoms with van der Waals surface area (Å²) in [7, 11) is -3.70. The maximum Gasteiger partial charge on any atom is 0.243 e. The summed E-state index contributed by atoms with van der Waals surface area (Å²) in [5.74, 6) is 0.963. The fourth-order valence-corrected chi connectivity index (χ4v) is 6.12. The van der Waals surface area contributed by atoms with E-state index in [9.17, 15) is 13.2 Å². The Kier molecular flexibility index (Phi) is 5.43. The summed E-state index contributed by atoms with van der Waals surface area (Å²) in [4.78, 5) is 15.4. The van der Waals surface area contributed by atoms with Gasteiger partial charge in [0.1, 0.15) is 13.2 Å². The Morgan fingerprint density at radius 3 is 2.24 bits per heavy atom. The maximum atomic E-state index is 13.4. The molecule has 0 radical (unpaired) electrons. The first-order chi connectivity index (χ1) is 15.8. The zero-order valence-corrected chi connectivity index (χ0v) is 19.3. The van der Waals surface area contributed by atoms with Gasteiger partial charge in [0, 0.05) is 38.8 Å². The number of fused-ring (bicyclic) bond motifs is 1. The lowest BCUT2D eigenvalue weighted by atomic mass is 9.81. The van der Waals surface area contributed by atoms with Gasteiger partial charge >= 0.3 is 0 Å². The quantitative estimate of drug-likeness (QED) is 0.666. The van der Waals surface area contributed by atoms with Gasteiger partial charge in [-0.05, 0) is 35.8 Å². The van der Waals surface area contributed by atoms with Crippen LogP contribution < -0.4 is 15.2 Å². The Morgan fingerprint density at radius 1 is 0.970 bits per heavy atom. The molecule has 0 spiro atoms. The molecule has 5 rings (SSSR count). The van der Waals surface area contributed by atoms with Crippen LogP contribution in [0.4, 0.5) is 0 Å². The van der Waals surface area contributed by atoms with Crippen molar-refractivity contribution >= 4 is 15.9 Å². The van der Waals surface area contributed by atoms with Gasteiger partial charge in [-0.1, -0.05) is 30.3 Å². The number of rotatable bonds is 5. The molecule has 2 aromatic rings. The van der Waals surface area contributed by atoms with Crippen LogP contribution in [0.1, 0.15) is 12.5 Å². The smallest absolute Gasteiger partial charge is 0.243 e. The largest absolute Gasteiger partial charge is 0.486 e. The second kappa shape index (κ2) is 8.16. The highest BCUT2D eigenvalue weighted by molar-refractivity contribution is 7.89. The number of amides is 1. The van der Waals surface area contributed by atoms with Gasteiger partial charge in [-0.2, -0.15) is 4.31 Å². The van der Waals surface area contributed by atoms with Gasteiger partial charge in [0.25, 0.3) is 0 Å². The van der Waals surface area contributed by atoms with Gasteiger partial charge < -0.3 is 20.1 Å². The van der Waals surface area contributed by atoms with Crippen molar-refractivity contribution < 1.29 is 22.7 Å². The highest BCUT2D eigenvalue weighted by Gasteiger charge is 2.43. The van der Waals surface area contributed by atoms with Gasteiger partial charge in [0.2, 0.25) is 15.9 Å². The SMILES string of the molecule is CC(CN)(C(=O)N1CC2=C(C1)CN(S(=O)(=O)c1ccc3c(c1)OCCO3)C2)c1ccccc1. The van der Waals surface area contributed by atoms with Crippen molar-refractivity contribution in [2.24, 2.45) is 5.73 Å². The van der Waals surface area contributed by atoms with E-state index in [0.29, 0.717) is 37.8 Å². The minimum Gasteiger partial charge on any atom is -0.486 e. The van der Waals surface area contributed by atoms with Gasteiger partial charge in [-0.15, -0.1) is 0 Å². The van der Waals surface area contributed by atoms with Gasteiger partial charge in [0.15, 0.2) is 11.5 Å². The van der Waals surface area contributed by atoms with Crippen molar-refractivity contribution in [1.29, 1.82) is 0 Å². The maximum absolute atomic E-state index is 13.4. The lowest BCUT2D eigenvalue weighted by Crippen LogP contribution is -2.49. The number of hydrogen-bond donors (Lipinski definition) is 1. The number of nitrogens with zero attached hydrogens (tertiary/aromatic N) is 2. The molecule has 0 bridgehead atoms. The predicted octanol–water partition coefficient (Wildman–Crippen LogP) is 1.52. The first-order valence-corrected chi connectivity index (χ1v) is 12.4. The molecule has 2 N–H and O–H groups in total. The molecular weight excluding hydrogens is 442 g/mol. The lowest BCUT2D eigenvalue weighted by molar-refractivity contribution is -0.135. The first kappa shape index (κ1) is 21.9. The average Bonchev–Trinajstić information content (AvgIpc) is 3.43. The van der Waals surface area contributed by atoms with E-state index in [-0.39, 0.29) is 30.4 Å². The minimum absolute atomic E-state index is 0.0353. The number of carbonyl (C=O) groups is 1. The zero-order chi connectivity index (χ0) is 23.2. The zero-order valence-electron chi connectivity index (χ0n) is 18.5. The van der Waals surface area contributed by atoms with Crippen molar-refractivity contribution in [2.75, 3.05) is 45.9 Å². The van der Waals surface area contributed by atoms with Crippen molar-refractivity contribution in [1.82, 2.24) is 9.21 Å². The molecule has 1 unspecified atom stereocenters. The second-order valence-electron chi connectivity index (χ2n) is 8.85. The average molecular weight is 470 g/mol. The minimum atomic E-state index is -3.70. The number of ether oxygens (including phenoxy) is 2. The fraction of sp³-hybridized carbons (Fsp3) is 0.375. The van der Waals surface area contributed by atoms with E-state index < -0.39 is 15.4 Å². The number of nitrogens with two attached hydrogens (primary N) is 1. The van der Waals surface area contributed by atoms with Crippen LogP contribution in [0.2, 0.25) is 0 Å². The van der Waals surface area contributed by atoms with Crippen LogP contribution in [0, 0.1) is 0 Å². The molecule has 174 valence electrons. The standard InChI is InChI=1S/C24H27N3O5S/c1-24(16-25,19-5-3-2-4-6-19)23(28)26-12-17-14-27(15-18(17)13-26)33(29,30)20-7-8-21-22(11-20)32-10-9-31-21/h2-8,11H,9-10,12-16,25H2,1H3.